The van der Waals surface area contributed by atoms with Crippen LogP contribution in [0.4, 0.5) is 11.4 Å². The third-order valence-corrected chi connectivity index (χ3v) is 3.85. The predicted molar refractivity (Wildman–Crippen MR) is 78.3 cm³/mol. The van der Waals surface area contributed by atoms with Gasteiger partial charge in [-0.25, -0.2) is 4.98 Å². The molecule has 2 rings (SSSR count). The normalized spacial score (nSPS) is 11.4. The standard InChI is InChI=1S/C13H19N3OS/c1-8(2)16(4-5-17)12-7-11-13(6-10(12)14)18-9(3)15-11/h6-8,17H,4-5,14H2,1-3H3. The van der Waals surface area contributed by atoms with Crippen LogP contribution >= 0.6 is 11.3 Å². The fourth-order valence-corrected chi connectivity index (χ4v) is 2.96. The van der Waals surface area contributed by atoms with Crippen LogP contribution in [0.3, 0.4) is 0 Å². The van der Waals surface area contributed by atoms with Crippen molar-refractivity contribution in [2.45, 2.75) is 26.8 Å². The van der Waals surface area contributed by atoms with Gasteiger partial charge in [-0.3, -0.25) is 0 Å². The molecule has 0 radical (unpaired) electrons. The molecule has 2 aromatic rings. The molecule has 0 amide bonds. The fourth-order valence-electron chi connectivity index (χ4n) is 2.11. The van der Waals surface area contributed by atoms with Gasteiger partial charge in [0.1, 0.15) is 0 Å². The van der Waals surface area contributed by atoms with E-state index in [-0.39, 0.29) is 12.6 Å². The summed E-state index contributed by atoms with van der Waals surface area (Å²) in [5.74, 6) is 0. The molecule has 0 unspecified atom stereocenters. The van der Waals surface area contributed by atoms with Crippen molar-refractivity contribution in [3.05, 3.63) is 17.1 Å². The van der Waals surface area contributed by atoms with Gasteiger partial charge in [0.15, 0.2) is 0 Å². The van der Waals surface area contributed by atoms with E-state index < -0.39 is 0 Å². The van der Waals surface area contributed by atoms with Crippen LogP contribution in [0.1, 0.15) is 18.9 Å². The molecule has 0 saturated carbocycles. The van der Waals surface area contributed by atoms with Gasteiger partial charge in [0.2, 0.25) is 0 Å². The van der Waals surface area contributed by atoms with E-state index in [2.05, 4.69) is 23.7 Å². The minimum Gasteiger partial charge on any atom is -0.397 e. The topological polar surface area (TPSA) is 62.4 Å². The molecule has 0 aliphatic rings. The van der Waals surface area contributed by atoms with E-state index in [0.717, 1.165) is 26.6 Å². The Balaban J connectivity index is 2.50. The van der Waals surface area contributed by atoms with Gasteiger partial charge in [0, 0.05) is 12.6 Å². The summed E-state index contributed by atoms with van der Waals surface area (Å²) in [4.78, 5) is 6.59. The van der Waals surface area contributed by atoms with E-state index in [0.29, 0.717) is 6.54 Å². The number of fused-ring (bicyclic) bond motifs is 1. The zero-order valence-corrected chi connectivity index (χ0v) is 11.8. The van der Waals surface area contributed by atoms with Crippen LogP contribution in [-0.2, 0) is 0 Å². The maximum Gasteiger partial charge on any atom is 0.0907 e. The number of aliphatic hydroxyl groups is 1. The molecule has 1 aromatic carbocycles. The lowest BCUT2D eigenvalue weighted by Crippen LogP contribution is -2.33. The van der Waals surface area contributed by atoms with E-state index in [1.54, 1.807) is 11.3 Å². The van der Waals surface area contributed by atoms with Gasteiger partial charge in [-0.15, -0.1) is 11.3 Å². The lowest BCUT2D eigenvalue weighted by molar-refractivity contribution is 0.299. The summed E-state index contributed by atoms with van der Waals surface area (Å²) in [7, 11) is 0. The first-order valence-electron chi connectivity index (χ1n) is 6.07. The molecule has 4 nitrogen and oxygen atoms in total. The van der Waals surface area contributed by atoms with Gasteiger partial charge in [-0.05, 0) is 32.9 Å². The number of nitrogens with zero attached hydrogens (tertiary/aromatic N) is 2. The van der Waals surface area contributed by atoms with Gasteiger partial charge in [-0.1, -0.05) is 0 Å². The van der Waals surface area contributed by atoms with Crippen LogP contribution < -0.4 is 10.6 Å². The number of benzene rings is 1. The summed E-state index contributed by atoms with van der Waals surface area (Å²) >= 11 is 1.65. The van der Waals surface area contributed by atoms with Crippen LogP contribution in [0.2, 0.25) is 0 Å². The third-order valence-electron chi connectivity index (χ3n) is 2.92. The minimum absolute atomic E-state index is 0.117. The monoisotopic (exact) mass is 265 g/mol. The van der Waals surface area contributed by atoms with E-state index in [9.17, 15) is 0 Å². The third kappa shape index (κ3) is 2.42. The number of nitrogen functional groups attached to an aromatic ring is 1. The Hall–Kier alpha value is -1.33. The molecule has 0 saturated heterocycles. The van der Waals surface area contributed by atoms with Crippen LogP contribution in [-0.4, -0.2) is 29.3 Å². The molecule has 0 spiro atoms. The number of thiazole rings is 1. The van der Waals surface area contributed by atoms with Crippen molar-refractivity contribution in [2.24, 2.45) is 0 Å². The number of aliphatic hydroxyl groups excluding tert-OH is 1. The van der Waals surface area contributed by atoms with Crippen LogP contribution in [0.5, 0.6) is 0 Å². The van der Waals surface area contributed by atoms with Crippen molar-refractivity contribution in [2.75, 3.05) is 23.8 Å². The van der Waals surface area contributed by atoms with Crippen LogP contribution in [0, 0.1) is 6.92 Å². The number of rotatable bonds is 4. The van der Waals surface area contributed by atoms with E-state index >= 15 is 0 Å². The summed E-state index contributed by atoms with van der Waals surface area (Å²) in [6.07, 6.45) is 0. The highest BCUT2D eigenvalue weighted by Crippen LogP contribution is 2.32. The smallest absolute Gasteiger partial charge is 0.0907 e. The second kappa shape index (κ2) is 5.12. The zero-order chi connectivity index (χ0) is 13.3. The molecule has 0 bridgehead atoms. The Bertz CT molecular complexity index is 550. The lowest BCUT2D eigenvalue weighted by atomic mass is 10.2. The second-order valence-corrected chi connectivity index (χ2v) is 5.86. The van der Waals surface area contributed by atoms with Crippen molar-refractivity contribution < 1.29 is 5.11 Å². The summed E-state index contributed by atoms with van der Waals surface area (Å²) in [6, 6.07) is 4.28. The van der Waals surface area contributed by atoms with E-state index in [4.69, 9.17) is 10.8 Å². The largest absolute Gasteiger partial charge is 0.397 e. The van der Waals surface area contributed by atoms with Crippen LogP contribution in [0.15, 0.2) is 12.1 Å². The summed E-state index contributed by atoms with van der Waals surface area (Å²) < 4.78 is 1.11. The fraction of sp³-hybridized carbons (Fsp3) is 0.462. The first-order chi connectivity index (χ1) is 8.52. The molecule has 3 N–H and O–H groups in total. The molecular weight excluding hydrogens is 246 g/mol. The second-order valence-electron chi connectivity index (χ2n) is 4.62. The molecule has 5 heteroatoms. The molecule has 0 atom stereocenters. The lowest BCUT2D eigenvalue weighted by Gasteiger charge is -2.29. The number of nitrogens with two attached hydrogens (primary N) is 1. The van der Waals surface area contributed by atoms with Crippen molar-refractivity contribution in [3.8, 4) is 0 Å². The quantitative estimate of drug-likeness (QED) is 0.833. The molecule has 0 aliphatic heterocycles. The highest BCUT2D eigenvalue weighted by Gasteiger charge is 2.15. The van der Waals surface area contributed by atoms with Gasteiger partial charge in [0.25, 0.3) is 0 Å². The average Bonchev–Trinajstić information content (AvgIpc) is 2.64. The minimum atomic E-state index is 0.117. The number of aryl methyl sites for hydroxylation is 1. The predicted octanol–water partition coefficient (Wildman–Crippen LogP) is 2.39. The van der Waals surface area contributed by atoms with E-state index in [1.165, 1.54) is 0 Å². The number of hydrogen-bond donors (Lipinski definition) is 2. The number of aromatic nitrogens is 1. The van der Waals surface area contributed by atoms with Gasteiger partial charge >= 0.3 is 0 Å². The Morgan fingerprint density at radius 3 is 2.78 bits per heavy atom. The molecule has 0 aliphatic carbocycles. The first-order valence-corrected chi connectivity index (χ1v) is 6.88. The summed E-state index contributed by atoms with van der Waals surface area (Å²) in [6.45, 7) is 6.87. The highest BCUT2D eigenvalue weighted by molar-refractivity contribution is 7.18. The maximum atomic E-state index is 9.16. The zero-order valence-electron chi connectivity index (χ0n) is 11.0. The Morgan fingerprint density at radius 1 is 1.44 bits per heavy atom. The van der Waals surface area contributed by atoms with Crippen molar-refractivity contribution in [1.29, 1.82) is 0 Å². The number of anilines is 2. The summed E-state index contributed by atoms with van der Waals surface area (Å²) in [5.41, 5.74) is 8.80. The van der Waals surface area contributed by atoms with E-state index in [1.807, 2.05) is 19.1 Å². The van der Waals surface area contributed by atoms with Crippen molar-refractivity contribution >= 4 is 32.9 Å². The van der Waals surface area contributed by atoms with Gasteiger partial charge in [0.05, 0.1) is 33.2 Å². The first kappa shape index (κ1) is 13.1. The van der Waals surface area contributed by atoms with Crippen molar-refractivity contribution in [1.82, 2.24) is 4.98 Å². The molecule has 1 heterocycles. The molecular formula is C13H19N3OS. The number of hydrogen-bond acceptors (Lipinski definition) is 5. The molecule has 1 aromatic heterocycles. The SMILES string of the molecule is Cc1nc2cc(N(CCO)C(C)C)c(N)cc2s1. The highest BCUT2D eigenvalue weighted by atomic mass is 32.1. The van der Waals surface area contributed by atoms with Gasteiger partial charge < -0.3 is 15.7 Å². The molecule has 0 fully saturated rings. The van der Waals surface area contributed by atoms with Crippen molar-refractivity contribution in [3.63, 3.8) is 0 Å². The molecule has 98 valence electrons. The molecule has 18 heavy (non-hydrogen) atoms. The Morgan fingerprint density at radius 2 is 2.17 bits per heavy atom. The summed E-state index contributed by atoms with van der Waals surface area (Å²) in [5, 5.41) is 10.2. The Kier molecular flexibility index (Phi) is 3.73. The maximum absolute atomic E-state index is 9.16. The average molecular weight is 265 g/mol. The van der Waals surface area contributed by atoms with Crippen LogP contribution in [0.25, 0.3) is 10.2 Å². The Labute approximate surface area is 111 Å². The van der Waals surface area contributed by atoms with Gasteiger partial charge in [-0.2, -0.15) is 0 Å².